The second-order valence-corrected chi connectivity index (χ2v) is 4.79. The molecular weight excluding hydrogens is 262 g/mol. The molecule has 1 aromatic rings. The van der Waals surface area contributed by atoms with Gasteiger partial charge in [0.25, 0.3) is 0 Å². The largest absolute Gasteiger partial charge is 0.481 e. The van der Waals surface area contributed by atoms with Crippen molar-refractivity contribution < 1.29 is 19.2 Å². The zero-order chi connectivity index (χ0) is 15.1. The molecule has 0 aromatic carbocycles. The van der Waals surface area contributed by atoms with Crippen molar-refractivity contribution in [1.82, 2.24) is 15.8 Å². The van der Waals surface area contributed by atoms with Crippen molar-refractivity contribution in [1.29, 1.82) is 0 Å². The molecule has 3 N–H and O–H groups in total. The number of carboxylic acid groups (broad SMARTS) is 1. The summed E-state index contributed by atoms with van der Waals surface area (Å²) in [4.78, 5) is 22.2. The van der Waals surface area contributed by atoms with Gasteiger partial charge in [-0.05, 0) is 26.7 Å². The highest BCUT2D eigenvalue weighted by Crippen LogP contribution is 2.11. The van der Waals surface area contributed by atoms with E-state index in [1.54, 1.807) is 13.8 Å². The third-order valence-corrected chi connectivity index (χ3v) is 3.13. The summed E-state index contributed by atoms with van der Waals surface area (Å²) in [7, 11) is 0. The van der Waals surface area contributed by atoms with E-state index in [1.165, 1.54) is 0 Å². The lowest BCUT2D eigenvalue weighted by Crippen LogP contribution is -2.35. The molecule has 2 amide bonds. The molecule has 0 aliphatic rings. The number of hydrogen-bond acceptors (Lipinski definition) is 4. The molecule has 7 heteroatoms. The zero-order valence-electron chi connectivity index (χ0n) is 12.0. The zero-order valence-corrected chi connectivity index (χ0v) is 12.0. The number of urea groups is 1. The van der Waals surface area contributed by atoms with E-state index in [2.05, 4.69) is 15.8 Å². The highest BCUT2D eigenvalue weighted by molar-refractivity contribution is 5.73. The predicted molar refractivity (Wildman–Crippen MR) is 72.2 cm³/mol. The van der Waals surface area contributed by atoms with E-state index in [1.807, 2.05) is 6.92 Å². The molecule has 0 saturated carbocycles. The van der Waals surface area contributed by atoms with Gasteiger partial charge in [-0.15, -0.1) is 0 Å². The first-order valence-electron chi connectivity index (χ1n) is 6.58. The number of nitrogens with one attached hydrogen (secondary N) is 2. The van der Waals surface area contributed by atoms with Crippen LogP contribution in [0, 0.1) is 19.8 Å². The number of hydrogen-bond donors (Lipinski definition) is 3. The van der Waals surface area contributed by atoms with Gasteiger partial charge >= 0.3 is 12.0 Å². The lowest BCUT2D eigenvalue weighted by atomic mass is 10.1. The Kier molecular flexibility index (Phi) is 6.02. The van der Waals surface area contributed by atoms with Crippen LogP contribution < -0.4 is 10.6 Å². The number of carboxylic acids is 1. The number of aliphatic carboxylic acids is 1. The molecule has 0 aliphatic carbocycles. The average Bonchev–Trinajstić information content (AvgIpc) is 2.71. The van der Waals surface area contributed by atoms with Crippen LogP contribution in [-0.4, -0.2) is 28.8 Å². The Hall–Kier alpha value is -2.05. The first-order valence-corrected chi connectivity index (χ1v) is 6.58. The fourth-order valence-electron chi connectivity index (χ4n) is 1.72. The van der Waals surface area contributed by atoms with E-state index in [0.717, 1.165) is 11.3 Å². The summed E-state index contributed by atoms with van der Waals surface area (Å²) in [5.41, 5.74) is 1.64. The standard InChI is InChI=1S/C13H21N3O4/c1-8(12(17)18)5-4-6-14-13(19)15-7-11-9(2)16-20-10(11)3/h8H,4-7H2,1-3H3,(H,17,18)(H2,14,15,19). The van der Waals surface area contributed by atoms with E-state index >= 15 is 0 Å². The van der Waals surface area contributed by atoms with E-state index < -0.39 is 5.97 Å². The molecule has 112 valence electrons. The van der Waals surface area contributed by atoms with Gasteiger partial charge in [0, 0.05) is 18.7 Å². The Morgan fingerprint density at radius 3 is 2.60 bits per heavy atom. The summed E-state index contributed by atoms with van der Waals surface area (Å²) >= 11 is 0. The summed E-state index contributed by atoms with van der Waals surface area (Å²) in [6.45, 7) is 6.07. The van der Waals surface area contributed by atoms with Gasteiger partial charge in [-0.3, -0.25) is 4.79 Å². The fourth-order valence-corrected chi connectivity index (χ4v) is 1.72. The van der Waals surface area contributed by atoms with Crippen LogP contribution in [0.2, 0.25) is 0 Å². The number of rotatable bonds is 7. The average molecular weight is 283 g/mol. The second kappa shape index (κ2) is 7.52. The van der Waals surface area contributed by atoms with Crippen molar-refractivity contribution in [2.24, 2.45) is 5.92 Å². The monoisotopic (exact) mass is 283 g/mol. The maximum absolute atomic E-state index is 11.5. The molecule has 20 heavy (non-hydrogen) atoms. The summed E-state index contributed by atoms with van der Waals surface area (Å²) in [5, 5.41) is 17.9. The maximum atomic E-state index is 11.5. The quantitative estimate of drug-likeness (QED) is 0.659. The second-order valence-electron chi connectivity index (χ2n) is 4.79. The number of carbonyl (C=O) groups excluding carboxylic acids is 1. The van der Waals surface area contributed by atoms with Crippen molar-refractivity contribution in [3.63, 3.8) is 0 Å². The smallest absolute Gasteiger partial charge is 0.315 e. The molecule has 7 nitrogen and oxygen atoms in total. The minimum Gasteiger partial charge on any atom is -0.481 e. The Bertz CT molecular complexity index is 451. The van der Waals surface area contributed by atoms with Gasteiger partial charge in [0.05, 0.1) is 11.6 Å². The third-order valence-electron chi connectivity index (χ3n) is 3.13. The fraction of sp³-hybridized carbons (Fsp3) is 0.615. The molecule has 0 fully saturated rings. The van der Waals surface area contributed by atoms with Gasteiger partial charge < -0.3 is 20.3 Å². The SMILES string of the molecule is Cc1noc(C)c1CNC(=O)NCCCC(C)C(=O)O. The summed E-state index contributed by atoms with van der Waals surface area (Å²) in [6.07, 6.45) is 1.17. The Morgan fingerprint density at radius 2 is 2.05 bits per heavy atom. The highest BCUT2D eigenvalue weighted by atomic mass is 16.5. The lowest BCUT2D eigenvalue weighted by Gasteiger charge is -2.08. The van der Waals surface area contributed by atoms with Gasteiger partial charge in [0.2, 0.25) is 0 Å². The normalized spacial score (nSPS) is 11.9. The molecule has 1 atom stereocenters. The molecule has 1 rings (SSSR count). The van der Waals surface area contributed by atoms with Gasteiger partial charge in [-0.2, -0.15) is 0 Å². The summed E-state index contributed by atoms with van der Waals surface area (Å²) in [6, 6.07) is -0.284. The molecule has 1 aromatic heterocycles. The topological polar surface area (TPSA) is 104 Å². The van der Waals surface area contributed by atoms with Crippen LogP contribution >= 0.6 is 0 Å². The molecule has 0 bridgehead atoms. The molecule has 1 unspecified atom stereocenters. The van der Waals surface area contributed by atoms with Crippen LogP contribution in [0.5, 0.6) is 0 Å². The number of carbonyl (C=O) groups is 2. The van der Waals surface area contributed by atoms with Gasteiger partial charge in [0.1, 0.15) is 5.76 Å². The van der Waals surface area contributed by atoms with Crippen molar-refractivity contribution in [2.75, 3.05) is 6.54 Å². The van der Waals surface area contributed by atoms with E-state index in [-0.39, 0.29) is 11.9 Å². The number of aromatic nitrogens is 1. The van der Waals surface area contributed by atoms with Gasteiger partial charge in [-0.1, -0.05) is 12.1 Å². The highest BCUT2D eigenvalue weighted by Gasteiger charge is 2.11. The Morgan fingerprint density at radius 1 is 1.35 bits per heavy atom. The van der Waals surface area contributed by atoms with E-state index in [0.29, 0.717) is 31.7 Å². The minimum absolute atomic E-state index is 0.284. The van der Waals surface area contributed by atoms with E-state index in [9.17, 15) is 9.59 Å². The number of nitrogens with zero attached hydrogens (tertiary/aromatic N) is 1. The number of amides is 2. The minimum atomic E-state index is -0.812. The summed E-state index contributed by atoms with van der Waals surface area (Å²) in [5.74, 6) is -0.506. The lowest BCUT2D eigenvalue weighted by molar-refractivity contribution is -0.141. The molecule has 0 radical (unpaired) electrons. The first kappa shape index (κ1) is 16.0. The van der Waals surface area contributed by atoms with E-state index in [4.69, 9.17) is 9.63 Å². The Labute approximate surface area is 117 Å². The van der Waals surface area contributed by atoms with Gasteiger partial charge in [-0.25, -0.2) is 4.79 Å². The van der Waals surface area contributed by atoms with Crippen LogP contribution in [0.4, 0.5) is 4.79 Å². The van der Waals surface area contributed by atoms with Gasteiger partial charge in [0.15, 0.2) is 0 Å². The third kappa shape index (κ3) is 4.91. The first-order chi connectivity index (χ1) is 9.41. The van der Waals surface area contributed by atoms with Crippen LogP contribution in [0.3, 0.4) is 0 Å². The van der Waals surface area contributed by atoms with Crippen LogP contribution in [-0.2, 0) is 11.3 Å². The Balaban J connectivity index is 2.20. The van der Waals surface area contributed by atoms with Crippen LogP contribution in [0.1, 0.15) is 36.8 Å². The molecule has 0 saturated heterocycles. The summed E-state index contributed by atoms with van der Waals surface area (Å²) < 4.78 is 5.00. The van der Waals surface area contributed by atoms with Crippen LogP contribution in [0.25, 0.3) is 0 Å². The molecule has 0 spiro atoms. The molecule has 1 heterocycles. The van der Waals surface area contributed by atoms with Crippen molar-refractivity contribution in [2.45, 2.75) is 40.2 Å². The van der Waals surface area contributed by atoms with Crippen molar-refractivity contribution in [3.8, 4) is 0 Å². The van der Waals surface area contributed by atoms with Crippen molar-refractivity contribution in [3.05, 3.63) is 17.0 Å². The number of aryl methyl sites for hydroxylation is 2. The predicted octanol–water partition coefficient (Wildman–Crippen LogP) is 1.59. The van der Waals surface area contributed by atoms with Crippen molar-refractivity contribution >= 4 is 12.0 Å². The molecular formula is C13H21N3O4. The molecule has 0 aliphatic heterocycles. The van der Waals surface area contributed by atoms with Crippen LogP contribution in [0.15, 0.2) is 4.52 Å². The maximum Gasteiger partial charge on any atom is 0.315 e.